The molecule has 0 saturated carbocycles. The van der Waals surface area contributed by atoms with Gasteiger partial charge in [0.15, 0.2) is 7.85 Å². The fourth-order valence-electron chi connectivity index (χ4n) is 4.59. The van der Waals surface area contributed by atoms with E-state index >= 15 is 0 Å². The molecule has 0 fully saturated rings. The number of hydrogen-bond donors (Lipinski definition) is 0. The zero-order chi connectivity index (χ0) is 18.6. The lowest BCUT2D eigenvalue weighted by Gasteiger charge is -2.26. The Balaban J connectivity index is 1.76. The molecule has 2 unspecified atom stereocenters. The van der Waals surface area contributed by atoms with Crippen LogP contribution in [0.3, 0.4) is 0 Å². The first-order chi connectivity index (χ1) is 13.0. The van der Waals surface area contributed by atoms with Gasteiger partial charge in [-0.2, -0.15) is 0 Å². The van der Waals surface area contributed by atoms with E-state index in [1.54, 1.807) is 0 Å². The standard InChI is InChI=1S/C25H23BO/c1-16-15-25(26,27-17(16)2)20-11-12-23-21-9-5-3-7-18(21)13-19-8-4-6-10-22(19)24(23)14-20/h3-12,14-15,17H,13,26H2,1-2H3. The fraction of sp³-hybridized carbons (Fsp3) is 0.200. The van der Waals surface area contributed by atoms with Crippen molar-refractivity contribution in [3.8, 4) is 22.3 Å². The molecule has 27 heavy (non-hydrogen) atoms. The van der Waals surface area contributed by atoms with E-state index in [-0.39, 0.29) is 11.6 Å². The molecule has 1 aliphatic heterocycles. The van der Waals surface area contributed by atoms with E-state index in [4.69, 9.17) is 4.74 Å². The highest BCUT2D eigenvalue weighted by atomic mass is 16.5. The minimum Gasteiger partial charge on any atom is -0.368 e. The molecular formula is C25H23BO. The molecule has 2 aliphatic rings. The molecule has 0 radical (unpaired) electrons. The van der Waals surface area contributed by atoms with E-state index in [2.05, 4.69) is 94.5 Å². The second-order valence-electron chi connectivity index (χ2n) is 8.01. The van der Waals surface area contributed by atoms with Crippen LogP contribution in [0.2, 0.25) is 0 Å². The third-order valence-corrected chi connectivity index (χ3v) is 6.15. The molecule has 0 spiro atoms. The molecule has 1 nitrogen and oxygen atoms in total. The van der Waals surface area contributed by atoms with Crippen molar-refractivity contribution in [1.29, 1.82) is 0 Å². The highest BCUT2D eigenvalue weighted by molar-refractivity contribution is 6.16. The van der Waals surface area contributed by atoms with E-state index in [1.165, 1.54) is 44.5 Å². The summed E-state index contributed by atoms with van der Waals surface area (Å²) in [6.45, 7) is 4.29. The molecule has 3 aromatic rings. The van der Waals surface area contributed by atoms with Crippen molar-refractivity contribution >= 4 is 7.85 Å². The maximum absolute atomic E-state index is 6.33. The SMILES string of the molecule is BC1(c2ccc3c(c2)-c2ccccc2Cc2ccccc2-3)C=C(C)C(C)O1. The quantitative estimate of drug-likeness (QED) is 0.344. The largest absolute Gasteiger partial charge is 0.368 e. The maximum atomic E-state index is 6.33. The average Bonchev–Trinajstić information content (AvgIpc) is 2.87. The van der Waals surface area contributed by atoms with E-state index in [1.807, 2.05) is 0 Å². The van der Waals surface area contributed by atoms with Gasteiger partial charge in [0, 0.05) is 0 Å². The Morgan fingerprint density at radius 1 is 0.852 bits per heavy atom. The molecule has 2 atom stereocenters. The fourth-order valence-corrected chi connectivity index (χ4v) is 4.59. The first-order valence-corrected chi connectivity index (χ1v) is 9.73. The topological polar surface area (TPSA) is 9.23 Å². The van der Waals surface area contributed by atoms with Gasteiger partial charge in [0.2, 0.25) is 0 Å². The van der Waals surface area contributed by atoms with Crippen molar-refractivity contribution in [3.63, 3.8) is 0 Å². The zero-order valence-electron chi connectivity index (χ0n) is 16.1. The van der Waals surface area contributed by atoms with Crippen LogP contribution in [0.4, 0.5) is 0 Å². The smallest absolute Gasteiger partial charge is 0.154 e. The van der Waals surface area contributed by atoms with Gasteiger partial charge < -0.3 is 4.74 Å². The van der Waals surface area contributed by atoms with Crippen LogP contribution >= 0.6 is 0 Å². The average molecular weight is 350 g/mol. The minimum absolute atomic E-state index is 0.168. The molecule has 0 N–H and O–H groups in total. The van der Waals surface area contributed by atoms with Crippen LogP contribution in [-0.4, -0.2) is 14.0 Å². The van der Waals surface area contributed by atoms with E-state index in [9.17, 15) is 0 Å². The van der Waals surface area contributed by atoms with Crippen LogP contribution in [0.25, 0.3) is 22.3 Å². The highest BCUT2D eigenvalue weighted by Crippen LogP contribution is 2.43. The number of fused-ring (bicyclic) bond motifs is 5. The summed E-state index contributed by atoms with van der Waals surface area (Å²) in [6.07, 6.45) is 3.41. The van der Waals surface area contributed by atoms with Crippen molar-refractivity contribution < 1.29 is 4.74 Å². The van der Waals surface area contributed by atoms with Gasteiger partial charge in [0.1, 0.15) is 0 Å². The van der Waals surface area contributed by atoms with Crippen molar-refractivity contribution in [2.45, 2.75) is 31.9 Å². The third-order valence-electron chi connectivity index (χ3n) is 6.15. The Kier molecular flexibility index (Phi) is 3.67. The predicted molar refractivity (Wildman–Crippen MR) is 115 cm³/mol. The van der Waals surface area contributed by atoms with Gasteiger partial charge >= 0.3 is 0 Å². The first kappa shape index (κ1) is 16.6. The van der Waals surface area contributed by atoms with Crippen LogP contribution in [0.5, 0.6) is 0 Å². The number of ether oxygens (including phenoxy) is 1. The Morgan fingerprint density at radius 3 is 2.11 bits per heavy atom. The zero-order valence-corrected chi connectivity index (χ0v) is 16.1. The molecule has 132 valence electrons. The molecule has 3 aromatic carbocycles. The minimum atomic E-state index is -0.362. The summed E-state index contributed by atoms with van der Waals surface area (Å²) in [4.78, 5) is 0. The summed E-state index contributed by atoms with van der Waals surface area (Å²) in [6, 6.07) is 24.5. The van der Waals surface area contributed by atoms with Crippen molar-refractivity contribution in [2.75, 3.05) is 0 Å². The molecule has 0 bridgehead atoms. The summed E-state index contributed by atoms with van der Waals surface area (Å²) in [5, 5.41) is 0. The first-order valence-electron chi connectivity index (χ1n) is 9.73. The molecule has 1 heterocycles. The van der Waals surface area contributed by atoms with Gasteiger partial charge in [0.25, 0.3) is 0 Å². The van der Waals surface area contributed by atoms with Crippen molar-refractivity contribution in [2.24, 2.45) is 0 Å². The Bertz CT molecular complexity index is 1080. The van der Waals surface area contributed by atoms with Gasteiger partial charge in [-0.05, 0) is 70.9 Å². The second kappa shape index (κ2) is 5.97. The normalized spacial score (nSPS) is 23.0. The van der Waals surface area contributed by atoms with Gasteiger partial charge in [-0.1, -0.05) is 66.7 Å². The molecule has 0 amide bonds. The molecule has 0 aromatic heterocycles. The molecule has 1 aliphatic carbocycles. The van der Waals surface area contributed by atoms with Crippen LogP contribution in [0, 0.1) is 0 Å². The Hall–Kier alpha value is -2.58. The monoisotopic (exact) mass is 350 g/mol. The van der Waals surface area contributed by atoms with Gasteiger partial charge in [-0.15, -0.1) is 0 Å². The molecular weight excluding hydrogens is 327 g/mol. The second-order valence-corrected chi connectivity index (χ2v) is 8.01. The molecule has 2 heteroatoms. The van der Waals surface area contributed by atoms with Crippen LogP contribution in [-0.2, 0) is 16.7 Å². The Morgan fingerprint density at radius 2 is 1.48 bits per heavy atom. The third kappa shape index (κ3) is 2.59. The van der Waals surface area contributed by atoms with Crippen molar-refractivity contribution in [1.82, 2.24) is 0 Å². The van der Waals surface area contributed by atoms with Crippen LogP contribution in [0.1, 0.15) is 30.5 Å². The lowest BCUT2D eigenvalue weighted by Crippen LogP contribution is -2.26. The maximum Gasteiger partial charge on any atom is 0.154 e. The van der Waals surface area contributed by atoms with Crippen molar-refractivity contribution in [3.05, 3.63) is 95.1 Å². The number of hydrogen-bond acceptors (Lipinski definition) is 1. The van der Waals surface area contributed by atoms with Gasteiger partial charge in [-0.3, -0.25) is 0 Å². The lowest BCUT2D eigenvalue weighted by molar-refractivity contribution is 0.0362. The summed E-state index contributed by atoms with van der Waals surface area (Å²) in [5.41, 5.74) is 10.2. The molecule has 5 rings (SSSR count). The lowest BCUT2D eigenvalue weighted by atomic mass is 9.74. The van der Waals surface area contributed by atoms with E-state index < -0.39 is 0 Å². The number of rotatable bonds is 1. The number of benzene rings is 3. The van der Waals surface area contributed by atoms with Gasteiger partial charge in [0.05, 0.1) is 11.6 Å². The highest BCUT2D eigenvalue weighted by Gasteiger charge is 2.34. The van der Waals surface area contributed by atoms with E-state index in [0.29, 0.717) is 0 Å². The summed E-state index contributed by atoms with van der Waals surface area (Å²) in [7, 11) is 2.18. The molecule has 0 saturated heterocycles. The summed E-state index contributed by atoms with van der Waals surface area (Å²) in [5.74, 6) is 0. The van der Waals surface area contributed by atoms with E-state index in [0.717, 1.165) is 6.42 Å². The van der Waals surface area contributed by atoms with Crippen LogP contribution in [0.15, 0.2) is 78.4 Å². The van der Waals surface area contributed by atoms with Crippen LogP contribution < -0.4 is 0 Å². The summed E-state index contributed by atoms with van der Waals surface area (Å²) >= 11 is 0. The predicted octanol–water partition coefficient (Wildman–Crippen LogP) is 5.08. The van der Waals surface area contributed by atoms with Gasteiger partial charge in [-0.25, -0.2) is 0 Å². The Labute approximate surface area is 162 Å². The summed E-state index contributed by atoms with van der Waals surface area (Å²) < 4.78 is 6.33.